The van der Waals surface area contributed by atoms with E-state index in [1.165, 1.54) is 16.7 Å². The molecule has 0 spiro atoms. The van der Waals surface area contributed by atoms with E-state index in [0.717, 1.165) is 19.6 Å². The van der Waals surface area contributed by atoms with Crippen molar-refractivity contribution in [2.45, 2.75) is 19.9 Å². The minimum Gasteiger partial charge on any atom is -0.370 e. The summed E-state index contributed by atoms with van der Waals surface area (Å²) >= 11 is 0. The molecule has 1 aliphatic rings. The maximum Gasteiger partial charge on any atom is 0.191 e. The molecule has 1 unspecified atom stereocenters. The van der Waals surface area contributed by atoms with E-state index in [1.807, 2.05) is 0 Å². The van der Waals surface area contributed by atoms with Crippen molar-refractivity contribution in [1.29, 1.82) is 0 Å². The van der Waals surface area contributed by atoms with E-state index >= 15 is 0 Å². The fraction of sp³-hybridized carbons (Fsp3) is 0.533. The Kier molecular flexibility index (Phi) is 4.10. The molecule has 4 nitrogen and oxygen atoms in total. The van der Waals surface area contributed by atoms with E-state index in [4.69, 9.17) is 5.73 Å². The molecule has 0 aromatic heterocycles. The predicted molar refractivity (Wildman–Crippen MR) is 80.4 cm³/mol. The average molecular weight is 260 g/mol. The molecule has 0 fully saturated rings. The van der Waals surface area contributed by atoms with Gasteiger partial charge in [-0.05, 0) is 39.1 Å². The number of benzene rings is 1. The monoisotopic (exact) mass is 260 g/mol. The summed E-state index contributed by atoms with van der Waals surface area (Å²) in [6.45, 7) is 6.96. The summed E-state index contributed by atoms with van der Waals surface area (Å²) in [7, 11) is 4.16. The van der Waals surface area contributed by atoms with Gasteiger partial charge in [0.2, 0.25) is 0 Å². The van der Waals surface area contributed by atoms with Gasteiger partial charge in [-0.1, -0.05) is 23.8 Å². The number of hydrogen-bond acceptors (Lipinski definition) is 4. The van der Waals surface area contributed by atoms with Crippen molar-refractivity contribution in [2.24, 2.45) is 10.7 Å². The van der Waals surface area contributed by atoms with Crippen LogP contribution in [0.15, 0.2) is 23.2 Å². The third kappa shape index (κ3) is 3.07. The zero-order chi connectivity index (χ0) is 14.0. The quantitative estimate of drug-likeness (QED) is 0.893. The summed E-state index contributed by atoms with van der Waals surface area (Å²) in [6.07, 6.45) is 0. The van der Waals surface area contributed by atoms with Crippen LogP contribution in [-0.2, 0) is 0 Å². The van der Waals surface area contributed by atoms with Crippen LogP contribution in [-0.4, -0.2) is 49.5 Å². The third-order valence-electron chi connectivity index (χ3n) is 3.68. The van der Waals surface area contributed by atoms with Gasteiger partial charge in [0.25, 0.3) is 0 Å². The van der Waals surface area contributed by atoms with Crippen molar-refractivity contribution in [3.05, 3.63) is 34.9 Å². The van der Waals surface area contributed by atoms with Gasteiger partial charge in [-0.3, -0.25) is 4.99 Å². The molecule has 1 aromatic carbocycles. The normalized spacial score (nSPS) is 19.1. The van der Waals surface area contributed by atoms with Crippen LogP contribution in [0, 0.1) is 13.8 Å². The Hall–Kier alpha value is -1.55. The molecule has 1 heterocycles. The smallest absolute Gasteiger partial charge is 0.191 e. The number of aliphatic imine (C=N–C) groups is 1. The second-order valence-corrected chi connectivity index (χ2v) is 5.57. The molecule has 2 N–H and O–H groups in total. The fourth-order valence-electron chi connectivity index (χ4n) is 2.49. The van der Waals surface area contributed by atoms with Crippen LogP contribution in [0.1, 0.15) is 22.7 Å². The van der Waals surface area contributed by atoms with Gasteiger partial charge in [-0.25, -0.2) is 0 Å². The van der Waals surface area contributed by atoms with Crippen molar-refractivity contribution in [1.82, 2.24) is 9.80 Å². The molecule has 1 aliphatic heterocycles. The summed E-state index contributed by atoms with van der Waals surface area (Å²) in [4.78, 5) is 8.82. The van der Waals surface area contributed by atoms with Gasteiger partial charge in [0.1, 0.15) is 0 Å². The van der Waals surface area contributed by atoms with E-state index in [-0.39, 0.29) is 0 Å². The highest BCUT2D eigenvalue weighted by Crippen LogP contribution is 2.28. The Morgan fingerprint density at radius 3 is 2.79 bits per heavy atom. The van der Waals surface area contributed by atoms with E-state index in [9.17, 15) is 0 Å². The SMILES string of the molecule is Cc1ccc(C)c(C2CN=C(N)N2CCN(C)C)c1. The Morgan fingerprint density at radius 1 is 1.37 bits per heavy atom. The van der Waals surface area contributed by atoms with E-state index in [2.05, 4.69) is 60.9 Å². The molecule has 0 saturated carbocycles. The molecule has 104 valence electrons. The standard InChI is InChI=1S/C15H24N4/c1-11-5-6-12(2)13(9-11)14-10-17-15(16)19(14)8-7-18(3)4/h5-6,9,14H,7-8,10H2,1-4H3,(H2,16,17). The van der Waals surface area contributed by atoms with Gasteiger partial charge >= 0.3 is 0 Å². The Bertz CT molecular complexity index is 479. The van der Waals surface area contributed by atoms with Crippen molar-refractivity contribution in [3.63, 3.8) is 0 Å². The first-order valence-electron chi connectivity index (χ1n) is 6.77. The molecule has 0 radical (unpaired) electrons. The summed E-state index contributed by atoms with van der Waals surface area (Å²) in [5, 5.41) is 0. The number of hydrogen-bond donors (Lipinski definition) is 1. The molecular formula is C15H24N4. The van der Waals surface area contributed by atoms with Crippen LogP contribution in [0.4, 0.5) is 0 Å². The molecule has 0 amide bonds. The lowest BCUT2D eigenvalue weighted by Crippen LogP contribution is -2.40. The molecule has 0 saturated heterocycles. The van der Waals surface area contributed by atoms with Gasteiger partial charge < -0.3 is 15.5 Å². The molecule has 0 bridgehead atoms. The maximum absolute atomic E-state index is 6.04. The molecule has 0 aliphatic carbocycles. The number of rotatable bonds is 4. The number of nitrogens with zero attached hydrogens (tertiary/aromatic N) is 3. The summed E-state index contributed by atoms with van der Waals surface area (Å²) in [5.74, 6) is 0.674. The highest BCUT2D eigenvalue weighted by atomic mass is 15.3. The van der Waals surface area contributed by atoms with E-state index in [0.29, 0.717) is 12.0 Å². The van der Waals surface area contributed by atoms with Gasteiger partial charge in [0.15, 0.2) is 5.96 Å². The van der Waals surface area contributed by atoms with Crippen molar-refractivity contribution < 1.29 is 0 Å². The second kappa shape index (κ2) is 5.61. The zero-order valence-corrected chi connectivity index (χ0v) is 12.3. The first kappa shape index (κ1) is 13.9. The molecule has 19 heavy (non-hydrogen) atoms. The van der Waals surface area contributed by atoms with Crippen LogP contribution >= 0.6 is 0 Å². The number of nitrogens with two attached hydrogens (primary N) is 1. The second-order valence-electron chi connectivity index (χ2n) is 5.57. The predicted octanol–water partition coefficient (Wildman–Crippen LogP) is 1.54. The zero-order valence-electron chi connectivity index (χ0n) is 12.3. The first-order chi connectivity index (χ1) is 8.99. The van der Waals surface area contributed by atoms with Gasteiger partial charge in [-0.15, -0.1) is 0 Å². The molecule has 1 atom stereocenters. The van der Waals surface area contributed by atoms with E-state index < -0.39 is 0 Å². The fourth-order valence-corrected chi connectivity index (χ4v) is 2.49. The van der Waals surface area contributed by atoms with Crippen molar-refractivity contribution in [3.8, 4) is 0 Å². The average Bonchev–Trinajstić information content (AvgIpc) is 2.71. The number of likely N-dealkylation sites (N-methyl/N-ethyl adjacent to an activating group) is 1. The van der Waals surface area contributed by atoms with Gasteiger partial charge in [0, 0.05) is 13.1 Å². The maximum atomic E-state index is 6.04. The van der Waals surface area contributed by atoms with Crippen molar-refractivity contribution >= 4 is 5.96 Å². The Morgan fingerprint density at radius 2 is 2.11 bits per heavy atom. The van der Waals surface area contributed by atoms with Crippen LogP contribution < -0.4 is 5.73 Å². The van der Waals surface area contributed by atoms with Crippen molar-refractivity contribution in [2.75, 3.05) is 33.7 Å². The van der Waals surface area contributed by atoms with Crippen LogP contribution in [0.2, 0.25) is 0 Å². The Labute approximate surface area is 115 Å². The number of guanidine groups is 1. The highest BCUT2D eigenvalue weighted by Gasteiger charge is 2.28. The Balaban J connectivity index is 2.21. The molecule has 2 rings (SSSR count). The summed E-state index contributed by atoms with van der Waals surface area (Å²) in [6, 6.07) is 6.89. The lowest BCUT2D eigenvalue weighted by atomic mass is 9.98. The van der Waals surface area contributed by atoms with Crippen LogP contribution in [0.3, 0.4) is 0 Å². The molecule has 4 heteroatoms. The van der Waals surface area contributed by atoms with E-state index in [1.54, 1.807) is 0 Å². The third-order valence-corrected chi connectivity index (χ3v) is 3.68. The minimum atomic E-state index is 0.292. The summed E-state index contributed by atoms with van der Waals surface area (Å²) < 4.78 is 0. The summed E-state index contributed by atoms with van der Waals surface area (Å²) in [5.41, 5.74) is 9.99. The largest absolute Gasteiger partial charge is 0.370 e. The van der Waals surface area contributed by atoms with Gasteiger partial charge in [0.05, 0.1) is 12.6 Å². The first-order valence-corrected chi connectivity index (χ1v) is 6.77. The molecule has 1 aromatic rings. The topological polar surface area (TPSA) is 44.9 Å². The van der Waals surface area contributed by atoms with Gasteiger partial charge in [-0.2, -0.15) is 0 Å². The molecular weight excluding hydrogens is 236 g/mol. The van der Waals surface area contributed by atoms with Crippen LogP contribution in [0.5, 0.6) is 0 Å². The lowest BCUT2D eigenvalue weighted by Gasteiger charge is -2.29. The highest BCUT2D eigenvalue weighted by molar-refractivity contribution is 5.80. The number of aryl methyl sites for hydroxylation is 2. The lowest BCUT2D eigenvalue weighted by molar-refractivity contribution is 0.292. The minimum absolute atomic E-state index is 0.292. The van der Waals surface area contributed by atoms with Crippen LogP contribution in [0.25, 0.3) is 0 Å².